The van der Waals surface area contributed by atoms with Gasteiger partial charge in [0.1, 0.15) is 0 Å². The van der Waals surface area contributed by atoms with Crippen LogP contribution in [0.15, 0.2) is 12.2 Å². The number of carbonyl (C=O) groups excluding carboxylic acids is 2. The molecule has 0 rings (SSSR count). The number of aliphatic carboxylic acids is 1. The third-order valence-electron chi connectivity index (χ3n) is 0.412. The zero-order valence-corrected chi connectivity index (χ0v) is 6.48. The molecule has 0 aromatic heterocycles. The molecule has 0 bridgehead atoms. The van der Waals surface area contributed by atoms with Crippen molar-refractivity contribution in [2.45, 2.75) is 6.92 Å². The molecule has 6 heteroatoms. The maximum Gasteiger partial charge on any atom is 0.300 e. The van der Waals surface area contributed by atoms with Crippen LogP contribution in [-0.2, 0) is 14.4 Å². The van der Waals surface area contributed by atoms with E-state index in [4.69, 9.17) is 9.90 Å². The van der Waals surface area contributed by atoms with Gasteiger partial charge in [-0.15, -0.1) is 0 Å². The van der Waals surface area contributed by atoms with Crippen LogP contribution < -0.4 is 11.5 Å². The molecule has 0 spiro atoms. The maximum absolute atomic E-state index is 9.83. The highest BCUT2D eigenvalue weighted by atomic mass is 16.4. The Labute approximate surface area is 68.8 Å². The number of hydrogen-bond donors (Lipinski definition) is 3. The molecule has 68 valence electrons. The van der Waals surface area contributed by atoms with E-state index in [9.17, 15) is 9.59 Å². The van der Waals surface area contributed by atoms with E-state index in [1.165, 1.54) is 0 Å². The maximum atomic E-state index is 9.83. The highest BCUT2D eigenvalue weighted by molar-refractivity contribution is 5.95. The summed E-state index contributed by atoms with van der Waals surface area (Å²) >= 11 is 0. The van der Waals surface area contributed by atoms with Crippen LogP contribution in [0.25, 0.3) is 0 Å². The molecule has 0 fully saturated rings. The number of carboxylic acids is 1. The van der Waals surface area contributed by atoms with E-state index in [0.29, 0.717) is 0 Å². The van der Waals surface area contributed by atoms with Crippen LogP contribution in [0.5, 0.6) is 0 Å². The summed E-state index contributed by atoms with van der Waals surface area (Å²) in [5.74, 6) is -2.19. The monoisotopic (exact) mass is 174 g/mol. The minimum absolute atomic E-state index is 0.677. The van der Waals surface area contributed by atoms with Crippen LogP contribution in [0.1, 0.15) is 6.92 Å². The third kappa shape index (κ3) is 42.0. The smallest absolute Gasteiger partial charge is 0.300 e. The summed E-state index contributed by atoms with van der Waals surface area (Å²) in [7, 11) is 0. The molecule has 12 heavy (non-hydrogen) atoms. The van der Waals surface area contributed by atoms with E-state index in [0.717, 1.165) is 19.1 Å². The molecule has 0 aliphatic heterocycles. The summed E-state index contributed by atoms with van der Waals surface area (Å²) in [5, 5.41) is 7.42. The fourth-order valence-corrected chi connectivity index (χ4v) is 0.164. The molecule has 6 nitrogen and oxygen atoms in total. The zero-order chi connectivity index (χ0) is 10.1. The van der Waals surface area contributed by atoms with E-state index >= 15 is 0 Å². The first kappa shape index (κ1) is 12.8. The molecular formula is C6H10N2O4. The van der Waals surface area contributed by atoms with E-state index in [2.05, 4.69) is 11.5 Å². The van der Waals surface area contributed by atoms with Crippen molar-refractivity contribution in [3.05, 3.63) is 12.2 Å². The summed E-state index contributed by atoms with van der Waals surface area (Å²) in [5.41, 5.74) is 9.21. The van der Waals surface area contributed by atoms with Crippen molar-refractivity contribution < 1.29 is 19.5 Å². The predicted octanol–water partition coefficient (Wildman–Crippen LogP) is -1.40. The van der Waals surface area contributed by atoms with Gasteiger partial charge in [0.2, 0.25) is 11.8 Å². The number of amides is 2. The summed E-state index contributed by atoms with van der Waals surface area (Å²) in [6, 6.07) is 0. The van der Waals surface area contributed by atoms with Gasteiger partial charge in [0.05, 0.1) is 0 Å². The second kappa shape index (κ2) is 7.26. The molecule has 0 aromatic rings. The topological polar surface area (TPSA) is 123 Å². The van der Waals surface area contributed by atoms with Gasteiger partial charge in [-0.25, -0.2) is 0 Å². The van der Waals surface area contributed by atoms with Gasteiger partial charge in [-0.2, -0.15) is 0 Å². The predicted molar refractivity (Wildman–Crippen MR) is 40.8 cm³/mol. The second-order valence-corrected chi connectivity index (χ2v) is 1.66. The van der Waals surface area contributed by atoms with Gasteiger partial charge >= 0.3 is 0 Å². The van der Waals surface area contributed by atoms with Crippen molar-refractivity contribution in [3.8, 4) is 0 Å². The first-order valence-electron chi connectivity index (χ1n) is 2.82. The van der Waals surface area contributed by atoms with Gasteiger partial charge in [0.25, 0.3) is 5.97 Å². The lowest BCUT2D eigenvalue weighted by molar-refractivity contribution is -0.134. The minimum atomic E-state index is -0.833. The molecular weight excluding hydrogens is 164 g/mol. The molecule has 0 aliphatic carbocycles. The number of hydrogen-bond acceptors (Lipinski definition) is 3. The van der Waals surface area contributed by atoms with Crippen LogP contribution >= 0.6 is 0 Å². The Hall–Kier alpha value is -1.85. The Morgan fingerprint density at radius 3 is 1.33 bits per heavy atom. The number of primary amides is 2. The fraction of sp³-hybridized carbons (Fsp3) is 0.167. The fourth-order valence-electron chi connectivity index (χ4n) is 0.164. The number of carbonyl (C=O) groups is 3. The lowest BCUT2D eigenvalue weighted by Crippen LogP contribution is -2.10. The Kier molecular flexibility index (Phi) is 7.74. The molecule has 0 saturated carbocycles. The van der Waals surface area contributed by atoms with Gasteiger partial charge in [-0.1, -0.05) is 0 Å². The van der Waals surface area contributed by atoms with E-state index in [1.54, 1.807) is 0 Å². The average Bonchev–Trinajstić information content (AvgIpc) is 1.82. The van der Waals surface area contributed by atoms with Crippen molar-refractivity contribution in [2.75, 3.05) is 0 Å². The molecule has 0 radical (unpaired) electrons. The highest BCUT2D eigenvalue weighted by Gasteiger charge is 1.83. The van der Waals surface area contributed by atoms with Crippen LogP contribution in [0, 0.1) is 0 Å². The van der Waals surface area contributed by atoms with Crippen molar-refractivity contribution in [3.63, 3.8) is 0 Å². The average molecular weight is 174 g/mol. The third-order valence-corrected chi connectivity index (χ3v) is 0.412. The summed E-state index contributed by atoms with van der Waals surface area (Å²) in [4.78, 5) is 28.7. The normalized spacial score (nSPS) is 8.42. The standard InChI is InChI=1S/C4H6N2O2.C2H4O2/c5-3(7)1-2-4(6)8;1-2(3)4/h1-2H,(H2,5,7)(H2,6,8);1H3,(H,3,4)/b2-1-;. The van der Waals surface area contributed by atoms with Crippen LogP contribution in [0.3, 0.4) is 0 Å². The van der Waals surface area contributed by atoms with Gasteiger partial charge < -0.3 is 16.6 Å². The zero-order valence-electron chi connectivity index (χ0n) is 6.48. The molecule has 0 atom stereocenters. The Balaban J connectivity index is 0. The van der Waals surface area contributed by atoms with Gasteiger partial charge in [0, 0.05) is 19.1 Å². The van der Waals surface area contributed by atoms with Crippen LogP contribution in [0.4, 0.5) is 0 Å². The van der Waals surface area contributed by atoms with Crippen LogP contribution in [0.2, 0.25) is 0 Å². The summed E-state index contributed by atoms with van der Waals surface area (Å²) < 4.78 is 0. The lowest BCUT2D eigenvalue weighted by Gasteiger charge is -1.76. The number of rotatable bonds is 2. The molecule has 2 amide bonds. The Bertz CT molecular complexity index is 190. The molecule has 0 unspecified atom stereocenters. The largest absolute Gasteiger partial charge is 0.481 e. The van der Waals surface area contributed by atoms with E-state index < -0.39 is 17.8 Å². The molecule has 5 N–H and O–H groups in total. The Morgan fingerprint density at radius 1 is 1.08 bits per heavy atom. The molecule has 0 heterocycles. The van der Waals surface area contributed by atoms with Crippen molar-refractivity contribution in [1.29, 1.82) is 0 Å². The quantitative estimate of drug-likeness (QED) is 0.445. The molecule has 0 aromatic carbocycles. The molecule has 0 saturated heterocycles. The SMILES string of the molecule is CC(=O)O.NC(=O)/C=C\C(N)=O. The van der Waals surface area contributed by atoms with Crippen molar-refractivity contribution in [2.24, 2.45) is 11.5 Å². The van der Waals surface area contributed by atoms with Crippen molar-refractivity contribution >= 4 is 17.8 Å². The number of nitrogens with two attached hydrogens (primary N) is 2. The first-order chi connectivity index (χ1) is 5.36. The summed E-state index contributed by atoms with van der Waals surface area (Å²) in [6.07, 6.45) is 1.81. The van der Waals surface area contributed by atoms with E-state index in [-0.39, 0.29) is 0 Å². The molecule has 0 aliphatic rings. The van der Waals surface area contributed by atoms with E-state index in [1.807, 2.05) is 0 Å². The highest BCUT2D eigenvalue weighted by Crippen LogP contribution is 1.65. The van der Waals surface area contributed by atoms with Crippen molar-refractivity contribution in [1.82, 2.24) is 0 Å². The Morgan fingerprint density at radius 2 is 1.25 bits per heavy atom. The summed E-state index contributed by atoms with van der Waals surface area (Å²) in [6.45, 7) is 1.08. The van der Waals surface area contributed by atoms with Gasteiger partial charge in [-0.05, 0) is 0 Å². The second-order valence-electron chi connectivity index (χ2n) is 1.66. The lowest BCUT2D eigenvalue weighted by atomic mass is 10.5. The van der Waals surface area contributed by atoms with Gasteiger partial charge in [0.15, 0.2) is 0 Å². The minimum Gasteiger partial charge on any atom is -0.481 e. The van der Waals surface area contributed by atoms with Crippen LogP contribution in [-0.4, -0.2) is 22.9 Å². The number of carboxylic acid groups (broad SMARTS) is 1. The van der Waals surface area contributed by atoms with Gasteiger partial charge in [-0.3, -0.25) is 14.4 Å². The first-order valence-corrected chi connectivity index (χ1v) is 2.82.